The molecule has 1 aliphatic rings. The number of halogens is 1. The lowest BCUT2D eigenvalue weighted by molar-refractivity contribution is -0.120. The number of nitrogens with two attached hydrogens (primary N) is 1. The fourth-order valence-electron chi connectivity index (χ4n) is 3.41. The highest BCUT2D eigenvalue weighted by Gasteiger charge is 2.38. The van der Waals surface area contributed by atoms with E-state index >= 15 is 0 Å². The number of carbonyl (C=O) groups excluding carboxylic acids is 1. The molecule has 0 saturated carbocycles. The van der Waals surface area contributed by atoms with E-state index in [1.807, 2.05) is 0 Å². The molecule has 1 aliphatic heterocycles. The number of anilines is 4. The molecule has 2 aromatic carbocycles. The van der Waals surface area contributed by atoms with Gasteiger partial charge in [-0.25, -0.2) is 22.9 Å². The first kappa shape index (κ1) is 20.7. The zero-order valence-electron chi connectivity index (χ0n) is 16.7. The monoisotopic (exact) mass is 442 g/mol. The zero-order chi connectivity index (χ0) is 22.3. The van der Waals surface area contributed by atoms with Crippen molar-refractivity contribution in [2.24, 2.45) is 5.14 Å². The van der Waals surface area contributed by atoms with E-state index in [-0.39, 0.29) is 22.3 Å². The maximum atomic E-state index is 14.4. The molecule has 0 spiro atoms. The molecule has 1 atom stereocenters. The van der Waals surface area contributed by atoms with Crippen LogP contribution in [0.2, 0.25) is 0 Å². The lowest BCUT2D eigenvalue weighted by atomic mass is 10.0. The number of carbonyl (C=O) groups is 1. The van der Waals surface area contributed by atoms with Gasteiger partial charge < -0.3 is 15.1 Å². The van der Waals surface area contributed by atoms with Gasteiger partial charge in [-0.15, -0.1) is 0 Å². The molecule has 11 heteroatoms. The predicted molar refractivity (Wildman–Crippen MR) is 114 cm³/mol. The third-order valence-electron chi connectivity index (χ3n) is 5.04. The summed E-state index contributed by atoms with van der Waals surface area (Å²) in [5, 5.41) is 8.09. The highest BCUT2D eigenvalue weighted by atomic mass is 32.2. The first-order valence-corrected chi connectivity index (χ1v) is 10.7. The third-order valence-corrected chi connectivity index (χ3v) is 5.97. The van der Waals surface area contributed by atoms with Gasteiger partial charge in [0.25, 0.3) is 5.91 Å². The van der Waals surface area contributed by atoms with Crippen LogP contribution in [0.5, 0.6) is 0 Å². The minimum absolute atomic E-state index is 0.0167. The molecule has 0 fully saturated rings. The van der Waals surface area contributed by atoms with Crippen LogP contribution >= 0.6 is 0 Å². The number of hydrogen-bond donors (Lipinski definition) is 2. The van der Waals surface area contributed by atoms with Crippen molar-refractivity contribution >= 4 is 39.1 Å². The van der Waals surface area contributed by atoms with Crippen molar-refractivity contribution < 1.29 is 17.6 Å². The number of nitrogens with one attached hydrogen (secondary N) is 1. The highest BCUT2D eigenvalue weighted by Crippen LogP contribution is 2.39. The molecule has 1 unspecified atom stereocenters. The van der Waals surface area contributed by atoms with E-state index < -0.39 is 21.9 Å². The number of fused-ring (bicyclic) bond motifs is 1. The van der Waals surface area contributed by atoms with Gasteiger partial charge in [-0.2, -0.15) is 4.98 Å². The third kappa shape index (κ3) is 3.80. The maximum absolute atomic E-state index is 14.4. The van der Waals surface area contributed by atoms with Gasteiger partial charge in [0.05, 0.1) is 11.1 Å². The Morgan fingerprint density at radius 1 is 1.10 bits per heavy atom. The number of benzene rings is 2. The van der Waals surface area contributed by atoms with Gasteiger partial charge >= 0.3 is 0 Å². The molecule has 0 aliphatic carbocycles. The molecule has 3 N–H and O–H groups in total. The van der Waals surface area contributed by atoms with Crippen LogP contribution in [0.1, 0.15) is 11.6 Å². The molecule has 3 aromatic rings. The Bertz CT molecular complexity index is 1270. The second-order valence-electron chi connectivity index (χ2n) is 7.03. The summed E-state index contributed by atoms with van der Waals surface area (Å²) >= 11 is 0. The summed E-state index contributed by atoms with van der Waals surface area (Å²) in [6.07, 6.45) is 1.50. The van der Waals surface area contributed by atoms with E-state index in [9.17, 15) is 17.6 Å². The van der Waals surface area contributed by atoms with E-state index in [1.165, 1.54) is 41.4 Å². The van der Waals surface area contributed by atoms with Crippen molar-refractivity contribution in [1.82, 2.24) is 9.97 Å². The van der Waals surface area contributed by atoms with E-state index in [0.717, 1.165) is 0 Å². The number of hydrogen-bond acceptors (Lipinski definition) is 7. The van der Waals surface area contributed by atoms with Gasteiger partial charge in [-0.05, 0) is 30.3 Å². The fourth-order valence-corrected chi connectivity index (χ4v) is 3.92. The van der Waals surface area contributed by atoms with E-state index in [0.29, 0.717) is 17.2 Å². The Balaban J connectivity index is 1.68. The molecule has 160 valence electrons. The maximum Gasteiger partial charge on any atom is 0.254 e. The molecule has 0 saturated heterocycles. The van der Waals surface area contributed by atoms with Crippen LogP contribution in [0.25, 0.3) is 0 Å². The average Bonchev–Trinajstić information content (AvgIpc) is 2.73. The molecule has 1 aromatic heterocycles. The average molecular weight is 442 g/mol. The van der Waals surface area contributed by atoms with E-state index in [4.69, 9.17) is 5.14 Å². The Hall–Kier alpha value is -3.57. The molecule has 1 amide bonds. The topological polar surface area (TPSA) is 122 Å². The second-order valence-corrected chi connectivity index (χ2v) is 8.59. The van der Waals surface area contributed by atoms with Crippen molar-refractivity contribution in [1.29, 1.82) is 0 Å². The SMILES string of the molecule is CN1C(=O)C(c2ccccc2F)N(C)c2nc(Nc3ccc(S(N)(=O)=O)cc3)ncc21. The fraction of sp³-hybridized carbons (Fsp3) is 0.150. The summed E-state index contributed by atoms with van der Waals surface area (Å²) < 4.78 is 37.2. The van der Waals surface area contributed by atoms with Crippen LogP contribution in [-0.4, -0.2) is 38.4 Å². The lowest BCUT2D eigenvalue weighted by Crippen LogP contribution is -2.45. The largest absolute Gasteiger partial charge is 0.342 e. The Labute approximate surface area is 178 Å². The van der Waals surface area contributed by atoms with Crippen LogP contribution < -0.4 is 20.3 Å². The minimum atomic E-state index is -3.79. The minimum Gasteiger partial charge on any atom is -0.342 e. The van der Waals surface area contributed by atoms with Gasteiger partial charge in [0.2, 0.25) is 16.0 Å². The quantitative estimate of drug-likeness (QED) is 0.635. The van der Waals surface area contributed by atoms with Gasteiger partial charge in [0.1, 0.15) is 17.5 Å². The Morgan fingerprint density at radius 2 is 1.77 bits per heavy atom. The molecular weight excluding hydrogens is 423 g/mol. The summed E-state index contributed by atoms with van der Waals surface area (Å²) in [7, 11) is -0.540. The number of nitrogens with zero attached hydrogens (tertiary/aromatic N) is 4. The second kappa shape index (κ2) is 7.60. The van der Waals surface area contributed by atoms with Crippen molar-refractivity contribution in [3.63, 3.8) is 0 Å². The molecule has 0 bridgehead atoms. The Morgan fingerprint density at radius 3 is 2.42 bits per heavy atom. The van der Waals surface area contributed by atoms with Crippen LogP contribution in [0.3, 0.4) is 0 Å². The molecular formula is C20H19FN6O3S. The first-order chi connectivity index (χ1) is 14.7. The van der Waals surface area contributed by atoms with Gasteiger partial charge in [0.15, 0.2) is 5.82 Å². The van der Waals surface area contributed by atoms with Crippen molar-refractivity contribution in [2.75, 3.05) is 29.2 Å². The van der Waals surface area contributed by atoms with Crippen LogP contribution in [0.15, 0.2) is 59.6 Å². The summed E-state index contributed by atoms with van der Waals surface area (Å²) in [6, 6.07) is 11.0. The van der Waals surface area contributed by atoms with Crippen LogP contribution in [0.4, 0.5) is 27.5 Å². The summed E-state index contributed by atoms with van der Waals surface area (Å²) in [5.74, 6) is -0.118. The molecule has 0 radical (unpaired) electrons. The van der Waals surface area contributed by atoms with E-state index in [2.05, 4.69) is 15.3 Å². The number of rotatable bonds is 4. The normalized spacial score (nSPS) is 16.3. The smallest absolute Gasteiger partial charge is 0.254 e. The first-order valence-electron chi connectivity index (χ1n) is 9.18. The zero-order valence-corrected chi connectivity index (χ0v) is 17.5. The van der Waals surface area contributed by atoms with Crippen molar-refractivity contribution in [2.45, 2.75) is 10.9 Å². The van der Waals surface area contributed by atoms with Gasteiger partial charge in [-0.3, -0.25) is 4.79 Å². The summed E-state index contributed by atoms with van der Waals surface area (Å²) in [4.78, 5) is 24.6. The number of primary sulfonamides is 1. The van der Waals surface area contributed by atoms with Crippen LogP contribution in [0, 0.1) is 5.82 Å². The molecule has 2 heterocycles. The van der Waals surface area contributed by atoms with Crippen molar-refractivity contribution in [3.8, 4) is 0 Å². The number of sulfonamides is 1. The van der Waals surface area contributed by atoms with E-state index in [1.54, 1.807) is 37.2 Å². The molecule has 4 rings (SSSR count). The Kier molecular flexibility index (Phi) is 5.07. The highest BCUT2D eigenvalue weighted by molar-refractivity contribution is 7.89. The molecule has 31 heavy (non-hydrogen) atoms. The summed E-state index contributed by atoms with van der Waals surface area (Å²) in [6.45, 7) is 0. The van der Waals surface area contributed by atoms with Crippen LogP contribution in [-0.2, 0) is 14.8 Å². The number of amides is 1. The van der Waals surface area contributed by atoms with Gasteiger partial charge in [0, 0.05) is 25.3 Å². The molecule has 9 nitrogen and oxygen atoms in total. The summed E-state index contributed by atoms with van der Waals surface area (Å²) in [5.41, 5.74) is 1.27. The lowest BCUT2D eigenvalue weighted by Gasteiger charge is -2.38. The standard InChI is InChI=1S/C20H19FN6O3S/c1-26-16-11-23-20(24-12-7-9-13(10-8-12)31(22,29)30)25-18(16)27(2)17(19(26)28)14-5-3-4-6-15(14)21/h3-11,17H,1-2H3,(H2,22,29,30)(H,23,24,25). The number of likely N-dealkylation sites (N-methyl/N-ethyl adjacent to an activating group) is 2. The predicted octanol–water partition coefficient (Wildman–Crippen LogP) is 2.16. The van der Waals surface area contributed by atoms with Crippen molar-refractivity contribution in [3.05, 3.63) is 66.1 Å². The van der Waals surface area contributed by atoms with Gasteiger partial charge in [-0.1, -0.05) is 18.2 Å². The number of aromatic nitrogens is 2.